The Hall–Kier alpha value is -3.22. The van der Waals surface area contributed by atoms with Crippen LogP contribution in [0, 0.1) is 0 Å². The Labute approximate surface area is 178 Å². The molecule has 0 radical (unpaired) electrons. The second-order valence-corrected chi connectivity index (χ2v) is 7.67. The molecular weight excluding hydrogens is 403 g/mol. The van der Waals surface area contributed by atoms with Crippen molar-refractivity contribution in [3.05, 3.63) is 95.1 Å². The second kappa shape index (κ2) is 8.88. The number of halogens is 3. The molecule has 0 spiro atoms. The fourth-order valence-electron chi connectivity index (χ4n) is 3.93. The van der Waals surface area contributed by atoms with E-state index in [2.05, 4.69) is 4.98 Å². The standard InChI is InChI=1S/C24H22F3N3O/c25-24(26,27)18-11-9-17(10-12-18)15-20-6-3-7-21(29-20)22-8-4-14-30(22)23(31)16-19-5-1-2-13-28-19/h1-3,5-7,9-13,22H,4,8,14-16H2/t22-/m0/s1. The highest BCUT2D eigenvalue weighted by molar-refractivity contribution is 5.79. The molecule has 1 aliphatic rings. The van der Waals surface area contributed by atoms with Gasteiger partial charge in [0, 0.05) is 30.6 Å². The van der Waals surface area contributed by atoms with Gasteiger partial charge in [0.15, 0.2) is 0 Å². The van der Waals surface area contributed by atoms with Gasteiger partial charge >= 0.3 is 6.18 Å². The lowest BCUT2D eigenvalue weighted by Gasteiger charge is -2.24. The molecule has 0 bridgehead atoms. The van der Waals surface area contributed by atoms with E-state index in [9.17, 15) is 18.0 Å². The highest BCUT2D eigenvalue weighted by atomic mass is 19.4. The number of hydrogen-bond acceptors (Lipinski definition) is 3. The smallest absolute Gasteiger partial charge is 0.334 e. The summed E-state index contributed by atoms with van der Waals surface area (Å²) < 4.78 is 38.3. The molecule has 1 aliphatic heterocycles. The summed E-state index contributed by atoms with van der Waals surface area (Å²) in [4.78, 5) is 23.7. The molecule has 1 fully saturated rings. The Morgan fingerprint density at radius 1 is 1.00 bits per heavy atom. The van der Waals surface area contributed by atoms with Crippen LogP contribution in [0.4, 0.5) is 13.2 Å². The monoisotopic (exact) mass is 425 g/mol. The molecule has 3 heterocycles. The van der Waals surface area contributed by atoms with Crippen molar-refractivity contribution in [1.82, 2.24) is 14.9 Å². The first kappa shape index (κ1) is 21.0. The SMILES string of the molecule is O=C(Cc1ccccn1)N1CCC[C@H]1c1cccc(Cc2ccc(C(F)(F)F)cc2)n1. The van der Waals surface area contributed by atoms with Crippen LogP contribution in [0.5, 0.6) is 0 Å². The Balaban J connectivity index is 1.47. The van der Waals surface area contributed by atoms with Crippen molar-refractivity contribution in [3.63, 3.8) is 0 Å². The zero-order valence-electron chi connectivity index (χ0n) is 16.8. The largest absolute Gasteiger partial charge is 0.416 e. The Morgan fingerprint density at radius 2 is 1.77 bits per heavy atom. The summed E-state index contributed by atoms with van der Waals surface area (Å²) in [6.45, 7) is 0.682. The number of carbonyl (C=O) groups is 1. The van der Waals surface area contributed by atoms with E-state index >= 15 is 0 Å². The Kier molecular flexibility index (Phi) is 6.02. The molecule has 1 amide bonds. The van der Waals surface area contributed by atoms with Gasteiger partial charge in [-0.1, -0.05) is 24.3 Å². The minimum atomic E-state index is -4.34. The van der Waals surface area contributed by atoms with Crippen LogP contribution >= 0.6 is 0 Å². The Morgan fingerprint density at radius 3 is 2.48 bits per heavy atom. The van der Waals surface area contributed by atoms with Crippen LogP contribution in [0.15, 0.2) is 66.9 Å². The van der Waals surface area contributed by atoms with Gasteiger partial charge in [0.1, 0.15) is 0 Å². The van der Waals surface area contributed by atoms with Crippen molar-refractivity contribution < 1.29 is 18.0 Å². The fourth-order valence-corrected chi connectivity index (χ4v) is 3.93. The lowest BCUT2D eigenvalue weighted by molar-refractivity contribution is -0.137. The summed E-state index contributed by atoms with van der Waals surface area (Å²) in [5, 5.41) is 0. The van der Waals surface area contributed by atoms with Crippen molar-refractivity contribution in [2.75, 3.05) is 6.54 Å². The summed E-state index contributed by atoms with van der Waals surface area (Å²) in [6, 6.07) is 16.2. The molecule has 2 aromatic heterocycles. The number of aromatic nitrogens is 2. The van der Waals surface area contributed by atoms with Gasteiger partial charge in [0.05, 0.1) is 23.7 Å². The van der Waals surface area contributed by atoms with Gasteiger partial charge in [-0.05, 0) is 54.8 Å². The molecule has 0 unspecified atom stereocenters. The van der Waals surface area contributed by atoms with Crippen LogP contribution in [-0.2, 0) is 23.8 Å². The number of alkyl halides is 3. The molecule has 1 saturated heterocycles. The molecule has 3 aromatic rings. The Bertz CT molecular complexity index is 1040. The normalized spacial score (nSPS) is 16.5. The average Bonchev–Trinajstić information content (AvgIpc) is 3.25. The number of pyridine rings is 2. The van der Waals surface area contributed by atoms with Crippen molar-refractivity contribution in [3.8, 4) is 0 Å². The van der Waals surface area contributed by atoms with E-state index in [0.29, 0.717) is 13.0 Å². The van der Waals surface area contributed by atoms with Crippen molar-refractivity contribution in [2.24, 2.45) is 0 Å². The van der Waals surface area contributed by atoms with E-state index in [1.807, 2.05) is 41.3 Å². The first-order chi connectivity index (χ1) is 14.9. The molecule has 160 valence electrons. The quantitative estimate of drug-likeness (QED) is 0.578. The van der Waals surface area contributed by atoms with E-state index in [4.69, 9.17) is 4.98 Å². The molecule has 1 atom stereocenters. The third-order valence-electron chi connectivity index (χ3n) is 5.47. The molecule has 1 aromatic carbocycles. The van der Waals surface area contributed by atoms with E-state index in [1.165, 1.54) is 12.1 Å². The van der Waals surface area contributed by atoms with Gasteiger partial charge in [-0.2, -0.15) is 13.2 Å². The van der Waals surface area contributed by atoms with E-state index in [-0.39, 0.29) is 18.4 Å². The molecule has 0 aliphatic carbocycles. The number of rotatable bonds is 5. The molecule has 7 heteroatoms. The highest BCUT2D eigenvalue weighted by Gasteiger charge is 2.31. The number of hydrogen-bond donors (Lipinski definition) is 0. The van der Waals surface area contributed by atoms with E-state index < -0.39 is 11.7 Å². The summed E-state index contributed by atoms with van der Waals surface area (Å²) in [5.74, 6) is 0.0242. The van der Waals surface area contributed by atoms with Gasteiger partial charge in [0.2, 0.25) is 5.91 Å². The molecule has 0 N–H and O–H groups in total. The highest BCUT2D eigenvalue weighted by Crippen LogP contribution is 2.32. The topological polar surface area (TPSA) is 46.1 Å². The van der Waals surface area contributed by atoms with Gasteiger partial charge in [-0.25, -0.2) is 0 Å². The zero-order chi connectivity index (χ0) is 21.8. The molecule has 0 saturated carbocycles. The average molecular weight is 425 g/mol. The minimum Gasteiger partial charge on any atom is -0.334 e. The zero-order valence-corrected chi connectivity index (χ0v) is 16.8. The van der Waals surface area contributed by atoms with Crippen molar-refractivity contribution >= 4 is 5.91 Å². The van der Waals surface area contributed by atoms with Gasteiger partial charge in [-0.15, -0.1) is 0 Å². The van der Waals surface area contributed by atoms with Crippen LogP contribution in [0.2, 0.25) is 0 Å². The summed E-state index contributed by atoms with van der Waals surface area (Å²) in [7, 11) is 0. The molecule has 4 nitrogen and oxygen atoms in total. The lowest BCUT2D eigenvalue weighted by Crippen LogP contribution is -2.32. The number of carbonyl (C=O) groups excluding carboxylic acids is 1. The van der Waals surface area contributed by atoms with Crippen LogP contribution in [0.25, 0.3) is 0 Å². The van der Waals surface area contributed by atoms with Crippen LogP contribution in [0.1, 0.15) is 47.1 Å². The second-order valence-electron chi connectivity index (χ2n) is 7.67. The van der Waals surface area contributed by atoms with Gasteiger partial charge in [0.25, 0.3) is 0 Å². The first-order valence-corrected chi connectivity index (χ1v) is 10.2. The fraction of sp³-hybridized carbons (Fsp3) is 0.292. The molecular formula is C24H22F3N3O. The van der Waals surface area contributed by atoms with Crippen LogP contribution < -0.4 is 0 Å². The third kappa shape index (κ3) is 5.10. The maximum Gasteiger partial charge on any atom is 0.416 e. The van der Waals surface area contributed by atoms with Crippen molar-refractivity contribution in [1.29, 1.82) is 0 Å². The number of amides is 1. The number of nitrogens with zero attached hydrogens (tertiary/aromatic N) is 3. The predicted molar refractivity (Wildman–Crippen MR) is 110 cm³/mol. The van der Waals surface area contributed by atoms with Gasteiger partial charge in [-0.3, -0.25) is 14.8 Å². The summed E-state index contributed by atoms with van der Waals surface area (Å²) in [5.41, 5.74) is 2.41. The van der Waals surface area contributed by atoms with E-state index in [1.54, 1.807) is 6.20 Å². The summed E-state index contributed by atoms with van der Waals surface area (Å²) >= 11 is 0. The number of likely N-dealkylation sites (tertiary alicyclic amines) is 1. The maximum atomic E-state index is 12.9. The van der Waals surface area contributed by atoms with E-state index in [0.717, 1.165) is 47.6 Å². The molecule has 4 rings (SSSR count). The minimum absolute atomic E-state index is 0.0242. The molecule has 31 heavy (non-hydrogen) atoms. The van der Waals surface area contributed by atoms with Crippen LogP contribution in [0.3, 0.4) is 0 Å². The van der Waals surface area contributed by atoms with Crippen LogP contribution in [-0.4, -0.2) is 27.3 Å². The lowest BCUT2D eigenvalue weighted by atomic mass is 10.0. The summed E-state index contributed by atoms with van der Waals surface area (Å²) in [6.07, 6.45) is -0.238. The van der Waals surface area contributed by atoms with Crippen molar-refractivity contribution in [2.45, 2.75) is 37.9 Å². The predicted octanol–water partition coefficient (Wildman–Crippen LogP) is 4.99. The first-order valence-electron chi connectivity index (χ1n) is 10.2. The third-order valence-corrected chi connectivity index (χ3v) is 5.47. The number of benzene rings is 1. The van der Waals surface area contributed by atoms with Gasteiger partial charge < -0.3 is 4.90 Å². The maximum absolute atomic E-state index is 12.9.